The van der Waals surface area contributed by atoms with E-state index in [1.807, 2.05) is 31.2 Å². The summed E-state index contributed by atoms with van der Waals surface area (Å²) < 4.78 is 24.3. The first-order valence-corrected chi connectivity index (χ1v) is 8.42. The summed E-state index contributed by atoms with van der Waals surface area (Å²) in [6, 6.07) is 10.8. The van der Waals surface area contributed by atoms with E-state index in [0.29, 0.717) is 19.5 Å². The molecule has 8 heteroatoms. The number of nitrogens with one attached hydrogen (secondary N) is 1. The molecule has 2 aromatic rings. The Balaban J connectivity index is 0.000000568. The normalized spacial score (nSPS) is 9.86. The van der Waals surface area contributed by atoms with E-state index in [2.05, 4.69) is 5.32 Å². The Bertz CT molecular complexity index is 797. The van der Waals surface area contributed by atoms with Crippen LogP contribution in [0.15, 0.2) is 36.4 Å². The van der Waals surface area contributed by atoms with Crippen LogP contribution in [0.4, 0.5) is 4.39 Å². The first-order chi connectivity index (χ1) is 13.3. The van der Waals surface area contributed by atoms with Gasteiger partial charge in [-0.25, -0.2) is 14.0 Å². The van der Waals surface area contributed by atoms with Crippen LogP contribution < -0.4 is 14.8 Å². The minimum Gasteiger partial charge on any atom is -0.496 e. The standard InChI is InChI=1S/C18H22FNO2.C2H2O4/c1-13-17(21-2)9-8-15(18(13)22-3)12-20-11-10-14-6-4-5-7-16(14)19;3-1(4)2(5)6/h4-9,20H,10-12H2,1-3H3;(H,3,4)(H,5,6). The van der Waals surface area contributed by atoms with E-state index in [0.717, 1.165) is 28.2 Å². The van der Waals surface area contributed by atoms with Gasteiger partial charge in [0.25, 0.3) is 0 Å². The molecule has 0 bridgehead atoms. The molecule has 0 fully saturated rings. The van der Waals surface area contributed by atoms with E-state index in [9.17, 15) is 4.39 Å². The molecule has 2 aromatic carbocycles. The van der Waals surface area contributed by atoms with Gasteiger partial charge in [0.1, 0.15) is 17.3 Å². The molecule has 0 unspecified atom stereocenters. The number of carboxylic acid groups (broad SMARTS) is 2. The number of carboxylic acids is 2. The lowest BCUT2D eigenvalue weighted by Gasteiger charge is -2.15. The lowest BCUT2D eigenvalue weighted by Crippen LogP contribution is -2.18. The van der Waals surface area contributed by atoms with Crippen molar-refractivity contribution in [3.05, 3.63) is 58.9 Å². The minimum atomic E-state index is -1.82. The van der Waals surface area contributed by atoms with E-state index in [1.165, 1.54) is 6.07 Å². The summed E-state index contributed by atoms with van der Waals surface area (Å²) in [5, 5.41) is 18.1. The number of hydrogen-bond donors (Lipinski definition) is 3. The quantitative estimate of drug-likeness (QED) is 0.491. The monoisotopic (exact) mass is 393 g/mol. The summed E-state index contributed by atoms with van der Waals surface area (Å²) >= 11 is 0. The highest BCUT2D eigenvalue weighted by Crippen LogP contribution is 2.31. The van der Waals surface area contributed by atoms with Crippen LogP contribution in [-0.2, 0) is 22.6 Å². The summed E-state index contributed by atoms with van der Waals surface area (Å²) in [5.41, 5.74) is 2.78. The maximum atomic E-state index is 13.5. The summed E-state index contributed by atoms with van der Waals surface area (Å²) in [6.45, 7) is 3.35. The highest BCUT2D eigenvalue weighted by atomic mass is 19.1. The molecule has 152 valence electrons. The average molecular weight is 393 g/mol. The van der Waals surface area contributed by atoms with Crippen LogP contribution in [0.3, 0.4) is 0 Å². The number of benzene rings is 2. The number of ether oxygens (including phenoxy) is 2. The van der Waals surface area contributed by atoms with Crippen LogP contribution in [0, 0.1) is 12.7 Å². The van der Waals surface area contributed by atoms with Gasteiger partial charge < -0.3 is 25.0 Å². The van der Waals surface area contributed by atoms with Crippen molar-refractivity contribution in [2.45, 2.75) is 19.9 Å². The highest BCUT2D eigenvalue weighted by Gasteiger charge is 2.10. The Morgan fingerprint density at radius 3 is 2.18 bits per heavy atom. The fourth-order valence-corrected chi connectivity index (χ4v) is 2.52. The molecule has 0 heterocycles. The van der Waals surface area contributed by atoms with Gasteiger partial charge in [0.2, 0.25) is 0 Å². The molecule has 0 aromatic heterocycles. The van der Waals surface area contributed by atoms with Gasteiger partial charge in [-0.1, -0.05) is 24.3 Å². The molecule has 0 aliphatic carbocycles. The van der Waals surface area contributed by atoms with Crippen molar-refractivity contribution < 1.29 is 33.7 Å². The van der Waals surface area contributed by atoms with Crippen LogP contribution in [0.2, 0.25) is 0 Å². The average Bonchev–Trinajstić information content (AvgIpc) is 2.67. The van der Waals surface area contributed by atoms with Gasteiger partial charge >= 0.3 is 11.9 Å². The van der Waals surface area contributed by atoms with Gasteiger partial charge in [-0.3, -0.25) is 0 Å². The van der Waals surface area contributed by atoms with Gasteiger partial charge in [-0.15, -0.1) is 0 Å². The van der Waals surface area contributed by atoms with Crippen molar-refractivity contribution in [3.63, 3.8) is 0 Å². The Morgan fingerprint density at radius 2 is 1.64 bits per heavy atom. The van der Waals surface area contributed by atoms with Crippen LogP contribution in [0.5, 0.6) is 11.5 Å². The molecule has 0 spiro atoms. The van der Waals surface area contributed by atoms with Crippen molar-refractivity contribution >= 4 is 11.9 Å². The molecule has 0 atom stereocenters. The predicted molar refractivity (Wildman–Crippen MR) is 101 cm³/mol. The molecule has 7 nitrogen and oxygen atoms in total. The summed E-state index contributed by atoms with van der Waals surface area (Å²) in [7, 11) is 3.30. The third kappa shape index (κ3) is 6.88. The summed E-state index contributed by atoms with van der Waals surface area (Å²) in [4.78, 5) is 18.2. The number of rotatable bonds is 7. The molecule has 0 aliphatic rings. The molecule has 0 saturated carbocycles. The molecular formula is C20H24FNO6. The second-order valence-electron chi connectivity index (χ2n) is 5.71. The van der Waals surface area contributed by atoms with E-state index >= 15 is 0 Å². The molecule has 0 radical (unpaired) electrons. The van der Waals surface area contributed by atoms with Crippen molar-refractivity contribution in [2.75, 3.05) is 20.8 Å². The van der Waals surface area contributed by atoms with E-state index in [1.54, 1.807) is 20.3 Å². The Kier molecular flexibility index (Phi) is 9.45. The smallest absolute Gasteiger partial charge is 0.414 e. The van der Waals surface area contributed by atoms with Crippen LogP contribution in [0.25, 0.3) is 0 Å². The number of halogens is 1. The van der Waals surface area contributed by atoms with Crippen molar-refractivity contribution in [3.8, 4) is 11.5 Å². The van der Waals surface area contributed by atoms with Gasteiger partial charge in [-0.05, 0) is 37.6 Å². The van der Waals surface area contributed by atoms with Gasteiger partial charge in [-0.2, -0.15) is 0 Å². The second kappa shape index (κ2) is 11.6. The van der Waals surface area contributed by atoms with E-state index in [-0.39, 0.29) is 5.82 Å². The third-order valence-electron chi connectivity index (χ3n) is 3.89. The number of methoxy groups -OCH3 is 2. The Hall–Kier alpha value is -3.13. The van der Waals surface area contributed by atoms with Gasteiger partial charge in [0, 0.05) is 17.7 Å². The second-order valence-corrected chi connectivity index (χ2v) is 5.71. The summed E-state index contributed by atoms with van der Waals surface area (Å²) in [5.74, 6) is -2.16. The lowest BCUT2D eigenvalue weighted by molar-refractivity contribution is -0.159. The first kappa shape index (κ1) is 22.9. The van der Waals surface area contributed by atoms with E-state index in [4.69, 9.17) is 29.3 Å². The lowest BCUT2D eigenvalue weighted by atomic mass is 10.1. The molecule has 0 amide bonds. The molecular weight excluding hydrogens is 369 g/mol. The van der Waals surface area contributed by atoms with Crippen molar-refractivity contribution in [1.29, 1.82) is 0 Å². The predicted octanol–water partition coefficient (Wildman–Crippen LogP) is 2.64. The molecule has 28 heavy (non-hydrogen) atoms. The minimum absolute atomic E-state index is 0.151. The largest absolute Gasteiger partial charge is 0.496 e. The Labute approximate surface area is 162 Å². The number of hydrogen-bond acceptors (Lipinski definition) is 5. The first-order valence-electron chi connectivity index (χ1n) is 8.42. The topological polar surface area (TPSA) is 105 Å². The fourth-order valence-electron chi connectivity index (χ4n) is 2.52. The number of aliphatic carboxylic acids is 2. The van der Waals surface area contributed by atoms with Crippen LogP contribution >= 0.6 is 0 Å². The number of carbonyl (C=O) groups is 2. The zero-order valence-electron chi connectivity index (χ0n) is 16.0. The molecule has 0 saturated heterocycles. The maximum Gasteiger partial charge on any atom is 0.414 e. The van der Waals surface area contributed by atoms with Crippen LogP contribution in [-0.4, -0.2) is 42.9 Å². The maximum absolute atomic E-state index is 13.5. The van der Waals surface area contributed by atoms with E-state index < -0.39 is 11.9 Å². The van der Waals surface area contributed by atoms with Gasteiger partial charge in [0.05, 0.1) is 14.2 Å². The molecule has 2 rings (SSSR count). The highest BCUT2D eigenvalue weighted by molar-refractivity contribution is 6.27. The van der Waals surface area contributed by atoms with Crippen molar-refractivity contribution in [1.82, 2.24) is 5.32 Å². The van der Waals surface area contributed by atoms with Crippen molar-refractivity contribution in [2.24, 2.45) is 0 Å². The van der Waals surface area contributed by atoms with Gasteiger partial charge in [0.15, 0.2) is 0 Å². The zero-order chi connectivity index (χ0) is 21.1. The fraction of sp³-hybridized carbons (Fsp3) is 0.300. The molecule has 0 aliphatic heterocycles. The third-order valence-corrected chi connectivity index (χ3v) is 3.89. The van der Waals surface area contributed by atoms with Crippen LogP contribution in [0.1, 0.15) is 16.7 Å². The SMILES string of the molecule is COc1ccc(CNCCc2ccccc2F)c(OC)c1C.O=C(O)C(=O)O. The Morgan fingerprint density at radius 1 is 1.00 bits per heavy atom. The zero-order valence-corrected chi connectivity index (χ0v) is 16.0. The summed E-state index contributed by atoms with van der Waals surface area (Å²) in [6.07, 6.45) is 0.657. The molecule has 3 N–H and O–H groups in total.